The molecule has 6 heteroatoms. The first-order chi connectivity index (χ1) is 13.6. The molecule has 0 aromatic carbocycles. The lowest BCUT2D eigenvalue weighted by Gasteiger charge is -2.37. The number of unbranched alkanes of at least 4 members (excludes halogenated alkanes) is 5. The van der Waals surface area contributed by atoms with E-state index in [1.165, 1.54) is 38.5 Å². The number of nitrogens with zero attached hydrogens (tertiary/aromatic N) is 1. The van der Waals surface area contributed by atoms with Crippen LogP contribution in [0.4, 0.5) is 0 Å². The van der Waals surface area contributed by atoms with Crippen molar-refractivity contribution in [2.24, 2.45) is 5.92 Å². The Morgan fingerprint density at radius 1 is 0.643 bits per heavy atom. The van der Waals surface area contributed by atoms with E-state index < -0.39 is 5.97 Å². The van der Waals surface area contributed by atoms with Crippen LogP contribution in [0.15, 0.2) is 0 Å². The molecule has 0 rings (SSSR count). The zero-order valence-electron chi connectivity index (χ0n) is 19.5. The minimum absolute atomic E-state index is 0.213. The van der Waals surface area contributed by atoms with Gasteiger partial charge in [0.25, 0.3) is 5.97 Å². The summed E-state index contributed by atoms with van der Waals surface area (Å²) in [6.45, 7) is 6.58. The van der Waals surface area contributed by atoms with E-state index in [4.69, 9.17) is 23.7 Å². The third-order valence-electron chi connectivity index (χ3n) is 5.51. The lowest BCUT2D eigenvalue weighted by Crippen LogP contribution is -2.44. The van der Waals surface area contributed by atoms with Gasteiger partial charge in [0.05, 0.1) is 13.2 Å². The topological polar surface area (TPSA) is 49.4 Å². The summed E-state index contributed by atoms with van der Waals surface area (Å²) in [6.07, 6.45) is 10.8. The van der Waals surface area contributed by atoms with Gasteiger partial charge in [-0.15, -0.1) is 0 Å². The molecule has 0 radical (unpaired) electrons. The summed E-state index contributed by atoms with van der Waals surface area (Å²) in [4.78, 5) is 2.39. The van der Waals surface area contributed by atoms with Crippen molar-refractivity contribution in [3.63, 3.8) is 0 Å². The van der Waals surface area contributed by atoms with Crippen LogP contribution in [0.5, 0.6) is 0 Å². The molecule has 0 aromatic rings. The van der Waals surface area contributed by atoms with E-state index in [1.54, 1.807) is 35.5 Å². The van der Waals surface area contributed by atoms with Gasteiger partial charge in [0.1, 0.15) is 0 Å². The van der Waals surface area contributed by atoms with E-state index in [2.05, 4.69) is 11.8 Å². The fourth-order valence-corrected chi connectivity index (χ4v) is 3.76. The zero-order chi connectivity index (χ0) is 21.1. The van der Waals surface area contributed by atoms with Crippen LogP contribution in [-0.4, -0.2) is 79.3 Å². The first-order valence-corrected chi connectivity index (χ1v) is 11.0. The van der Waals surface area contributed by atoms with Crippen molar-refractivity contribution in [3.05, 3.63) is 0 Å². The Kier molecular flexibility index (Phi) is 18.6. The van der Waals surface area contributed by atoms with E-state index in [0.717, 1.165) is 52.1 Å². The Balaban J connectivity index is 4.63. The van der Waals surface area contributed by atoms with Crippen molar-refractivity contribution < 1.29 is 23.7 Å². The largest absolute Gasteiger partial charge is 0.383 e. The van der Waals surface area contributed by atoms with Gasteiger partial charge in [-0.1, -0.05) is 45.4 Å². The minimum Gasteiger partial charge on any atom is -0.383 e. The maximum Gasteiger partial charge on any atom is 0.285 e. The minimum atomic E-state index is -0.951. The normalized spacial score (nSPS) is 13.4. The van der Waals surface area contributed by atoms with Crippen molar-refractivity contribution in [3.8, 4) is 0 Å². The molecule has 0 aliphatic rings. The smallest absolute Gasteiger partial charge is 0.285 e. The maximum atomic E-state index is 5.68. The highest BCUT2D eigenvalue weighted by molar-refractivity contribution is 4.73. The molecule has 28 heavy (non-hydrogen) atoms. The van der Waals surface area contributed by atoms with Gasteiger partial charge in [0, 0.05) is 54.6 Å². The highest BCUT2D eigenvalue weighted by Crippen LogP contribution is 2.32. The molecule has 1 atom stereocenters. The third-order valence-corrected chi connectivity index (χ3v) is 5.51. The van der Waals surface area contributed by atoms with Gasteiger partial charge in [-0.3, -0.25) is 4.90 Å². The Bertz CT molecular complexity index is 310. The van der Waals surface area contributed by atoms with Crippen LogP contribution in [0.3, 0.4) is 0 Å². The first kappa shape index (κ1) is 27.8. The number of methoxy groups -OCH3 is 5. The molecular formula is C22H47NO5. The number of rotatable bonds is 21. The summed E-state index contributed by atoms with van der Waals surface area (Å²) in [6, 6.07) is 0. The molecule has 0 heterocycles. The average Bonchev–Trinajstić information content (AvgIpc) is 2.73. The Hall–Kier alpha value is -0.240. The Morgan fingerprint density at radius 2 is 1.14 bits per heavy atom. The fourth-order valence-electron chi connectivity index (χ4n) is 3.76. The lowest BCUT2D eigenvalue weighted by molar-refractivity contribution is -0.380. The van der Waals surface area contributed by atoms with Gasteiger partial charge in [-0.2, -0.15) is 0 Å². The summed E-state index contributed by atoms with van der Waals surface area (Å²) in [5.74, 6) is -0.738. The lowest BCUT2D eigenvalue weighted by atomic mass is 9.92. The maximum absolute atomic E-state index is 5.68. The first-order valence-electron chi connectivity index (χ1n) is 11.0. The van der Waals surface area contributed by atoms with Gasteiger partial charge >= 0.3 is 0 Å². The molecule has 0 fully saturated rings. The number of ether oxygens (including phenoxy) is 5. The summed E-state index contributed by atoms with van der Waals surface area (Å²) >= 11 is 0. The molecule has 1 unspecified atom stereocenters. The van der Waals surface area contributed by atoms with Crippen LogP contribution in [0.2, 0.25) is 0 Å². The zero-order valence-corrected chi connectivity index (χ0v) is 19.5. The molecule has 0 aromatic heterocycles. The summed E-state index contributed by atoms with van der Waals surface area (Å²) < 4.78 is 27.5. The molecule has 0 amide bonds. The van der Waals surface area contributed by atoms with E-state index in [9.17, 15) is 0 Å². The quantitative estimate of drug-likeness (QED) is 0.209. The van der Waals surface area contributed by atoms with E-state index in [-0.39, 0.29) is 5.92 Å². The second kappa shape index (κ2) is 18.8. The van der Waals surface area contributed by atoms with Crippen LogP contribution >= 0.6 is 0 Å². The summed E-state index contributed by atoms with van der Waals surface area (Å²) in [7, 11) is 8.50. The van der Waals surface area contributed by atoms with Crippen molar-refractivity contribution in [1.82, 2.24) is 4.90 Å². The SMILES string of the molecule is CCCCCCCCC(CCCN(CCOC)CCOC)C(OC)(OC)OC. The van der Waals surface area contributed by atoms with Crippen molar-refractivity contribution in [1.29, 1.82) is 0 Å². The third kappa shape index (κ3) is 11.7. The van der Waals surface area contributed by atoms with Crippen LogP contribution < -0.4 is 0 Å². The molecule has 0 saturated heterocycles. The average molecular weight is 406 g/mol. The van der Waals surface area contributed by atoms with E-state index >= 15 is 0 Å². The number of hydrogen-bond acceptors (Lipinski definition) is 6. The second-order valence-corrected chi connectivity index (χ2v) is 7.44. The molecule has 0 bridgehead atoms. The molecule has 0 saturated carbocycles. The molecule has 0 N–H and O–H groups in total. The highest BCUT2D eigenvalue weighted by atomic mass is 16.9. The van der Waals surface area contributed by atoms with Gasteiger partial charge < -0.3 is 23.7 Å². The second-order valence-electron chi connectivity index (χ2n) is 7.44. The van der Waals surface area contributed by atoms with Gasteiger partial charge in [-0.25, -0.2) is 0 Å². The van der Waals surface area contributed by atoms with Crippen LogP contribution in [0.1, 0.15) is 64.7 Å². The molecule has 0 aliphatic heterocycles. The fraction of sp³-hybridized carbons (Fsp3) is 1.00. The van der Waals surface area contributed by atoms with Gasteiger partial charge in [-0.05, 0) is 25.8 Å². The van der Waals surface area contributed by atoms with Gasteiger partial charge in [0.15, 0.2) is 0 Å². The Labute approximate surface area is 174 Å². The molecule has 0 aliphatic carbocycles. The van der Waals surface area contributed by atoms with E-state index in [1.807, 2.05) is 0 Å². The molecule has 0 spiro atoms. The number of hydrogen-bond donors (Lipinski definition) is 0. The molecular weight excluding hydrogens is 358 g/mol. The van der Waals surface area contributed by atoms with E-state index in [0.29, 0.717) is 0 Å². The summed E-state index contributed by atoms with van der Waals surface area (Å²) in [5, 5.41) is 0. The molecule has 6 nitrogen and oxygen atoms in total. The van der Waals surface area contributed by atoms with Crippen molar-refractivity contribution in [2.75, 3.05) is 68.4 Å². The molecule has 170 valence electrons. The summed E-state index contributed by atoms with van der Waals surface area (Å²) in [5.41, 5.74) is 0. The van der Waals surface area contributed by atoms with Crippen LogP contribution in [0, 0.1) is 5.92 Å². The predicted molar refractivity (Wildman–Crippen MR) is 115 cm³/mol. The van der Waals surface area contributed by atoms with Crippen LogP contribution in [-0.2, 0) is 23.7 Å². The Morgan fingerprint density at radius 3 is 1.64 bits per heavy atom. The predicted octanol–water partition coefficient (Wildman–Crippen LogP) is 4.32. The van der Waals surface area contributed by atoms with Crippen molar-refractivity contribution >= 4 is 0 Å². The monoisotopic (exact) mass is 405 g/mol. The standard InChI is InChI=1S/C22H47NO5/c1-7-8-9-10-11-12-14-21(22(26-4,27-5)28-6)15-13-16-23(17-19-24-2)18-20-25-3/h21H,7-20H2,1-6H3. The van der Waals surface area contributed by atoms with Crippen LogP contribution in [0.25, 0.3) is 0 Å². The highest BCUT2D eigenvalue weighted by Gasteiger charge is 2.39. The van der Waals surface area contributed by atoms with Gasteiger partial charge in [0.2, 0.25) is 0 Å². The van der Waals surface area contributed by atoms with Crippen molar-refractivity contribution in [2.45, 2.75) is 70.7 Å².